The summed E-state index contributed by atoms with van der Waals surface area (Å²) in [6, 6.07) is 53.8. The van der Waals surface area contributed by atoms with Gasteiger partial charge in [0.05, 0.1) is 20.2 Å². The molecule has 10 aromatic rings. The summed E-state index contributed by atoms with van der Waals surface area (Å²) >= 11 is 10.9. The van der Waals surface area contributed by atoms with Gasteiger partial charge in [-0.05, 0) is 145 Å². The molecule has 4 aliphatic carbocycles. The minimum atomic E-state index is -0.747. The van der Waals surface area contributed by atoms with Crippen molar-refractivity contribution < 1.29 is 9.59 Å². The molecule has 6 aromatic heterocycles. The van der Waals surface area contributed by atoms with E-state index >= 15 is 0 Å². The lowest BCUT2D eigenvalue weighted by Crippen LogP contribution is -2.27. The molecule has 0 spiro atoms. The predicted octanol–water partition coefficient (Wildman–Crippen LogP) is 17.3. The first-order valence-corrected chi connectivity index (χ1v) is 29.8. The van der Waals surface area contributed by atoms with E-state index in [2.05, 4.69) is 137 Å². The number of hydrogen-bond donors (Lipinski definition) is 0. The third kappa shape index (κ3) is 6.45. The zero-order chi connectivity index (χ0) is 53.5. The predicted molar refractivity (Wildman–Crippen MR) is 319 cm³/mol. The standard InChI is InChI=1S/C66H36N4O2S6/c1-33-13-21-51(73-33)65(52-22-14-34(2)74-52)49-27-37(25-47-55(39(29-67)30-68)41-9-5-7-11-43(41)59(47)71)17-19-45(49)61-57(65)63-64(77-61)58-62(78-63)46-20-18-38(26-48-56(40(31-69)32-70)42-10-6-8-12-44(42)60(48)72)28-50(46)66(58,53-23-15-35(3)75-53)54-24-16-36(4)76-54/h5-28H,1-4H3/b47-25-,48-26-. The van der Waals surface area contributed by atoms with Crippen LogP contribution in [0.5, 0.6) is 0 Å². The normalized spacial score (nSPS) is 15.9. The quantitative estimate of drug-likeness (QED) is 0.120. The van der Waals surface area contributed by atoms with Crippen molar-refractivity contribution in [3.8, 4) is 45.2 Å². The topological polar surface area (TPSA) is 129 Å². The molecule has 14 rings (SSSR count). The Bertz CT molecular complexity index is 4320. The van der Waals surface area contributed by atoms with Gasteiger partial charge < -0.3 is 0 Å². The van der Waals surface area contributed by atoms with Crippen LogP contribution in [0.25, 0.3) is 53.6 Å². The van der Waals surface area contributed by atoms with Gasteiger partial charge in [-0.25, -0.2) is 0 Å². The minimum absolute atomic E-state index is 0.0965. The number of nitrogens with zero attached hydrogens (tertiary/aromatic N) is 4. The minimum Gasteiger partial charge on any atom is -0.289 e. The zero-order valence-electron chi connectivity index (χ0n) is 41.9. The number of fused-ring (bicyclic) bond motifs is 11. The number of rotatable bonds is 6. The smallest absolute Gasteiger partial charge is 0.194 e. The highest BCUT2D eigenvalue weighted by Gasteiger charge is 2.55. The van der Waals surface area contributed by atoms with Crippen molar-refractivity contribution in [1.82, 2.24) is 0 Å². The number of Topliss-reactive ketones (excluding diaryl/α,β-unsaturated/α-hetero) is 2. The number of thiophene rings is 6. The van der Waals surface area contributed by atoms with Crippen molar-refractivity contribution in [1.29, 1.82) is 21.0 Å². The summed E-state index contributed by atoms with van der Waals surface area (Å²) in [7, 11) is 0. The number of ketones is 2. The van der Waals surface area contributed by atoms with Crippen LogP contribution >= 0.6 is 68.0 Å². The molecule has 4 aliphatic rings. The van der Waals surface area contributed by atoms with Gasteiger partial charge in [-0.2, -0.15) is 21.0 Å². The first-order chi connectivity index (χ1) is 37.9. The third-order valence-corrected chi connectivity index (χ3v) is 22.7. The molecule has 0 saturated carbocycles. The van der Waals surface area contributed by atoms with Crippen molar-refractivity contribution in [2.75, 3.05) is 0 Å². The lowest BCUT2D eigenvalue weighted by molar-refractivity contribution is 0.103. The molecule has 0 aliphatic heterocycles. The van der Waals surface area contributed by atoms with Crippen LogP contribution < -0.4 is 0 Å². The van der Waals surface area contributed by atoms with Gasteiger partial charge in [-0.3, -0.25) is 9.59 Å². The molecule has 0 unspecified atom stereocenters. The zero-order valence-corrected chi connectivity index (χ0v) is 46.8. The number of aryl methyl sites for hydroxylation is 4. The van der Waals surface area contributed by atoms with Crippen LogP contribution in [0.4, 0.5) is 0 Å². The average Bonchev–Trinajstić information content (AvgIpc) is 4.53. The van der Waals surface area contributed by atoms with Crippen LogP contribution in [-0.2, 0) is 10.8 Å². The van der Waals surface area contributed by atoms with Gasteiger partial charge in [-0.1, -0.05) is 72.8 Å². The van der Waals surface area contributed by atoms with Crippen LogP contribution in [0.15, 0.2) is 156 Å². The summed E-state index contributed by atoms with van der Waals surface area (Å²) < 4.78 is 2.44. The number of hydrogen-bond acceptors (Lipinski definition) is 12. The average molecular weight is 1110 g/mol. The fourth-order valence-electron chi connectivity index (χ4n) is 12.4. The van der Waals surface area contributed by atoms with Gasteiger partial charge in [0, 0.05) is 93.3 Å². The van der Waals surface area contributed by atoms with Gasteiger partial charge in [0.25, 0.3) is 0 Å². The SMILES string of the molecule is Cc1ccc(C2(c3ccc(C)s3)c3cc(/C=C4\C(=O)c5ccccc5C4=C(C#N)C#N)ccc3-c3sc4c5c(sc4c32)-c2ccc(/C=C3\C(=O)c4ccccc4C3=C(C#N)C#N)cc2C5(c2ccc(C)s2)c2ccc(C)s2)s1. The number of allylic oxidation sites excluding steroid dienone is 6. The van der Waals surface area contributed by atoms with E-state index in [0.29, 0.717) is 44.5 Å². The number of nitriles is 4. The molecule has 368 valence electrons. The number of benzene rings is 4. The van der Waals surface area contributed by atoms with Crippen molar-refractivity contribution in [3.05, 3.63) is 250 Å². The Morgan fingerprint density at radius 2 is 0.744 bits per heavy atom. The van der Waals surface area contributed by atoms with Crippen LogP contribution in [0.3, 0.4) is 0 Å². The monoisotopic (exact) mass is 1110 g/mol. The fraction of sp³-hybridized carbons (Fsp3) is 0.0909. The van der Waals surface area contributed by atoms with E-state index in [0.717, 1.165) is 33.4 Å². The fourth-order valence-corrected chi connectivity index (χ4v) is 20.1. The maximum Gasteiger partial charge on any atom is 0.194 e. The largest absolute Gasteiger partial charge is 0.289 e. The summed E-state index contributed by atoms with van der Waals surface area (Å²) in [4.78, 5) is 40.6. The highest BCUT2D eigenvalue weighted by molar-refractivity contribution is 7.32. The summed E-state index contributed by atoms with van der Waals surface area (Å²) in [5.74, 6) is -0.430. The van der Waals surface area contributed by atoms with Gasteiger partial charge >= 0.3 is 0 Å². The maximum atomic E-state index is 14.3. The second-order valence-electron chi connectivity index (χ2n) is 19.8. The van der Waals surface area contributed by atoms with E-state index in [4.69, 9.17) is 0 Å². The first kappa shape index (κ1) is 48.0. The number of carbonyl (C=O) groups excluding carboxylic acids is 2. The molecular formula is C66H36N4O2S6. The third-order valence-electron chi connectivity index (χ3n) is 15.6. The maximum absolute atomic E-state index is 14.3. The molecule has 0 N–H and O–H groups in total. The van der Waals surface area contributed by atoms with Gasteiger partial charge in [0.1, 0.15) is 35.4 Å². The molecule has 4 aromatic carbocycles. The van der Waals surface area contributed by atoms with Gasteiger partial charge in [-0.15, -0.1) is 68.0 Å². The summed E-state index contributed by atoms with van der Waals surface area (Å²) in [5.41, 5.74) is 10.4. The molecule has 6 heterocycles. The Kier molecular flexibility index (Phi) is 10.8. The molecule has 0 amide bonds. The Morgan fingerprint density at radius 3 is 1.05 bits per heavy atom. The van der Waals surface area contributed by atoms with Gasteiger partial charge in [0.15, 0.2) is 11.6 Å². The summed E-state index contributed by atoms with van der Waals surface area (Å²) in [6.07, 6.45) is 3.73. The van der Waals surface area contributed by atoms with E-state index in [1.54, 1.807) is 57.5 Å². The van der Waals surface area contributed by atoms with E-state index in [1.807, 2.05) is 71.2 Å². The second-order valence-corrected chi connectivity index (χ2v) is 27.0. The second kappa shape index (κ2) is 17.6. The first-order valence-electron chi connectivity index (χ1n) is 24.9. The molecule has 0 radical (unpaired) electrons. The molecule has 0 fully saturated rings. The van der Waals surface area contributed by atoms with Crippen molar-refractivity contribution >= 4 is 112 Å². The molecule has 0 saturated heterocycles. The highest BCUT2D eigenvalue weighted by Crippen LogP contribution is 2.70. The van der Waals surface area contributed by atoms with Crippen molar-refractivity contribution in [3.63, 3.8) is 0 Å². The van der Waals surface area contributed by atoms with Crippen LogP contribution in [-0.4, -0.2) is 11.6 Å². The van der Waals surface area contributed by atoms with Crippen LogP contribution in [0, 0.1) is 73.0 Å². The van der Waals surface area contributed by atoms with E-state index in [1.165, 1.54) is 69.3 Å². The van der Waals surface area contributed by atoms with Crippen molar-refractivity contribution in [2.45, 2.75) is 38.5 Å². The molecule has 0 bridgehead atoms. The molecular weight excluding hydrogens is 1070 g/mol. The summed E-state index contributed by atoms with van der Waals surface area (Å²) in [5, 5.41) is 40.8. The Hall–Kier alpha value is -8.40. The molecule has 78 heavy (non-hydrogen) atoms. The lowest BCUT2D eigenvalue weighted by atomic mass is 9.74. The van der Waals surface area contributed by atoms with E-state index in [9.17, 15) is 30.6 Å². The Labute approximate surface area is 473 Å². The van der Waals surface area contributed by atoms with Crippen LogP contribution in [0.2, 0.25) is 0 Å². The lowest BCUT2D eigenvalue weighted by Gasteiger charge is -2.31. The highest BCUT2D eigenvalue weighted by atomic mass is 32.1. The van der Waals surface area contributed by atoms with E-state index in [-0.39, 0.29) is 22.7 Å². The summed E-state index contributed by atoms with van der Waals surface area (Å²) in [6.45, 7) is 8.64. The molecule has 0 atom stereocenters. The van der Waals surface area contributed by atoms with Gasteiger partial charge in [0.2, 0.25) is 0 Å². The Morgan fingerprint density at radius 1 is 0.410 bits per heavy atom. The molecule has 6 nitrogen and oxygen atoms in total. The number of carbonyl (C=O) groups is 2. The van der Waals surface area contributed by atoms with Crippen LogP contribution in [0.1, 0.15) is 104 Å². The molecule has 12 heteroatoms. The van der Waals surface area contributed by atoms with Crippen molar-refractivity contribution in [2.24, 2.45) is 0 Å². The van der Waals surface area contributed by atoms with E-state index < -0.39 is 10.8 Å². The Balaban J connectivity index is 1.05.